The van der Waals surface area contributed by atoms with Crippen molar-refractivity contribution in [2.75, 3.05) is 45.8 Å². The monoisotopic (exact) mass is 310 g/mol. The average molecular weight is 310 g/mol. The number of nitrogens with one attached hydrogen (secondary N) is 1. The summed E-state index contributed by atoms with van der Waals surface area (Å²) in [5, 5.41) is 2.82. The summed E-state index contributed by atoms with van der Waals surface area (Å²) in [6.45, 7) is 11.4. The Bertz CT molecular complexity index is 386. The van der Waals surface area contributed by atoms with Gasteiger partial charge in [-0.2, -0.15) is 0 Å². The number of urea groups is 1. The van der Waals surface area contributed by atoms with Gasteiger partial charge < -0.3 is 15.1 Å². The van der Waals surface area contributed by atoms with Crippen molar-refractivity contribution in [2.45, 2.75) is 39.7 Å². The van der Waals surface area contributed by atoms with Gasteiger partial charge in [0.2, 0.25) is 5.91 Å². The number of piperazine rings is 1. The van der Waals surface area contributed by atoms with Crippen molar-refractivity contribution in [1.82, 2.24) is 20.0 Å². The molecule has 6 heteroatoms. The van der Waals surface area contributed by atoms with Crippen LogP contribution in [0, 0.1) is 5.92 Å². The number of hydrogen-bond donors (Lipinski definition) is 1. The smallest absolute Gasteiger partial charge is 0.317 e. The maximum Gasteiger partial charge on any atom is 0.317 e. The largest absolute Gasteiger partial charge is 0.338 e. The van der Waals surface area contributed by atoms with E-state index in [9.17, 15) is 9.59 Å². The highest BCUT2D eigenvalue weighted by Gasteiger charge is 2.35. The maximum absolute atomic E-state index is 12.9. The summed E-state index contributed by atoms with van der Waals surface area (Å²) in [5.74, 6) is 0.569. The molecule has 2 fully saturated rings. The topological polar surface area (TPSA) is 55.9 Å². The molecule has 1 atom stereocenters. The third-order valence-corrected chi connectivity index (χ3v) is 4.63. The van der Waals surface area contributed by atoms with Crippen molar-refractivity contribution in [3.05, 3.63) is 0 Å². The molecule has 0 radical (unpaired) electrons. The van der Waals surface area contributed by atoms with Gasteiger partial charge in [-0.05, 0) is 38.8 Å². The van der Waals surface area contributed by atoms with E-state index < -0.39 is 0 Å². The number of hydrogen-bond acceptors (Lipinski definition) is 3. The molecule has 0 aromatic carbocycles. The van der Waals surface area contributed by atoms with Crippen LogP contribution in [0.3, 0.4) is 0 Å². The number of likely N-dealkylation sites (tertiary alicyclic amines) is 1. The molecule has 22 heavy (non-hydrogen) atoms. The second kappa shape index (κ2) is 7.81. The molecule has 2 heterocycles. The van der Waals surface area contributed by atoms with Gasteiger partial charge in [0, 0.05) is 32.7 Å². The van der Waals surface area contributed by atoms with Crippen LogP contribution in [0.15, 0.2) is 0 Å². The molecule has 126 valence electrons. The molecule has 2 rings (SSSR count). The molecule has 0 aromatic heterocycles. The maximum atomic E-state index is 12.9. The number of amides is 3. The van der Waals surface area contributed by atoms with E-state index in [4.69, 9.17) is 0 Å². The predicted molar refractivity (Wildman–Crippen MR) is 86.7 cm³/mol. The molecule has 0 aromatic rings. The van der Waals surface area contributed by atoms with Gasteiger partial charge in [0.15, 0.2) is 0 Å². The molecule has 2 aliphatic rings. The zero-order valence-corrected chi connectivity index (χ0v) is 14.2. The molecule has 3 amide bonds. The molecule has 0 saturated carbocycles. The lowest BCUT2D eigenvalue weighted by molar-refractivity contribution is -0.139. The molecule has 6 nitrogen and oxygen atoms in total. The Morgan fingerprint density at radius 3 is 2.00 bits per heavy atom. The van der Waals surface area contributed by atoms with Gasteiger partial charge in [0.05, 0.1) is 6.04 Å². The Kier molecular flexibility index (Phi) is 6.06. The van der Waals surface area contributed by atoms with Crippen molar-refractivity contribution in [3.8, 4) is 0 Å². The molecule has 0 spiro atoms. The molecule has 0 bridgehead atoms. The minimum Gasteiger partial charge on any atom is -0.338 e. The van der Waals surface area contributed by atoms with Crippen molar-refractivity contribution < 1.29 is 9.59 Å². The zero-order chi connectivity index (χ0) is 16.1. The van der Waals surface area contributed by atoms with Crippen LogP contribution < -0.4 is 5.32 Å². The van der Waals surface area contributed by atoms with E-state index >= 15 is 0 Å². The Hall–Kier alpha value is -1.30. The van der Waals surface area contributed by atoms with Crippen molar-refractivity contribution in [1.29, 1.82) is 0 Å². The Balaban J connectivity index is 1.91. The second-order valence-corrected chi connectivity index (χ2v) is 6.58. The standard InChI is InChI=1S/C16H30N4O2/c1-4-17-16(22)20-11-9-19(10-12-20)15(21)14(13(2)3)18-7-5-6-8-18/h13-14H,4-12H2,1-3H3,(H,17,22)/t14-/m0/s1. The van der Waals surface area contributed by atoms with Gasteiger partial charge in [-0.25, -0.2) is 4.79 Å². The van der Waals surface area contributed by atoms with Gasteiger partial charge in [0.1, 0.15) is 0 Å². The van der Waals surface area contributed by atoms with Crippen LogP contribution in [0.2, 0.25) is 0 Å². The van der Waals surface area contributed by atoms with E-state index in [1.807, 2.05) is 11.8 Å². The first-order valence-corrected chi connectivity index (χ1v) is 8.60. The molecule has 2 aliphatic heterocycles. The first-order chi connectivity index (χ1) is 10.5. The Morgan fingerprint density at radius 1 is 0.955 bits per heavy atom. The number of carbonyl (C=O) groups excluding carboxylic acids is 2. The normalized spacial score (nSPS) is 21.3. The van der Waals surface area contributed by atoms with Crippen LogP contribution in [0.5, 0.6) is 0 Å². The van der Waals surface area contributed by atoms with E-state index in [1.165, 1.54) is 12.8 Å². The summed E-state index contributed by atoms with van der Waals surface area (Å²) < 4.78 is 0. The predicted octanol–water partition coefficient (Wildman–Crippen LogP) is 0.981. The summed E-state index contributed by atoms with van der Waals surface area (Å²) in [7, 11) is 0. The summed E-state index contributed by atoms with van der Waals surface area (Å²) in [4.78, 5) is 30.8. The molecule has 0 aliphatic carbocycles. The van der Waals surface area contributed by atoms with Crippen molar-refractivity contribution in [2.24, 2.45) is 5.92 Å². The Labute approximate surface area is 133 Å². The fourth-order valence-corrected chi connectivity index (χ4v) is 3.46. The van der Waals surface area contributed by atoms with Gasteiger partial charge in [0.25, 0.3) is 0 Å². The summed E-state index contributed by atoms with van der Waals surface area (Å²) in [5.41, 5.74) is 0. The van der Waals surface area contributed by atoms with Crippen LogP contribution in [0.4, 0.5) is 4.79 Å². The SMILES string of the molecule is CCNC(=O)N1CCN(C(=O)[C@H](C(C)C)N2CCCC2)CC1. The van der Waals surface area contributed by atoms with Gasteiger partial charge in [-0.1, -0.05) is 13.8 Å². The lowest BCUT2D eigenvalue weighted by Crippen LogP contribution is -2.57. The van der Waals surface area contributed by atoms with E-state index in [0.29, 0.717) is 38.6 Å². The average Bonchev–Trinajstić information content (AvgIpc) is 3.01. The third kappa shape index (κ3) is 3.91. The van der Waals surface area contributed by atoms with Crippen molar-refractivity contribution in [3.63, 3.8) is 0 Å². The molecule has 2 saturated heterocycles. The second-order valence-electron chi connectivity index (χ2n) is 6.58. The van der Waals surface area contributed by atoms with Crippen LogP contribution in [-0.2, 0) is 4.79 Å². The summed E-state index contributed by atoms with van der Waals surface area (Å²) in [6, 6.07) is -0.0203. The Morgan fingerprint density at radius 2 is 1.50 bits per heavy atom. The highest BCUT2D eigenvalue weighted by molar-refractivity contribution is 5.82. The third-order valence-electron chi connectivity index (χ3n) is 4.63. The van der Waals surface area contributed by atoms with Crippen LogP contribution >= 0.6 is 0 Å². The number of nitrogens with zero attached hydrogens (tertiary/aromatic N) is 3. The molecule has 0 unspecified atom stereocenters. The van der Waals surface area contributed by atoms with Crippen LogP contribution in [0.1, 0.15) is 33.6 Å². The van der Waals surface area contributed by atoms with E-state index in [1.54, 1.807) is 4.90 Å². The minimum atomic E-state index is -0.0189. The highest BCUT2D eigenvalue weighted by atomic mass is 16.2. The lowest BCUT2D eigenvalue weighted by atomic mass is 10.0. The van der Waals surface area contributed by atoms with Gasteiger partial charge >= 0.3 is 6.03 Å². The first kappa shape index (κ1) is 17.1. The first-order valence-electron chi connectivity index (χ1n) is 8.60. The van der Waals surface area contributed by atoms with Crippen molar-refractivity contribution >= 4 is 11.9 Å². The van der Waals surface area contributed by atoms with Gasteiger partial charge in [-0.15, -0.1) is 0 Å². The minimum absolute atomic E-state index is 0.00137. The summed E-state index contributed by atoms with van der Waals surface area (Å²) in [6.07, 6.45) is 2.39. The zero-order valence-electron chi connectivity index (χ0n) is 14.2. The van der Waals surface area contributed by atoms with Gasteiger partial charge in [-0.3, -0.25) is 9.69 Å². The van der Waals surface area contributed by atoms with Crippen LogP contribution in [0.25, 0.3) is 0 Å². The van der Waals surface area contributed by atoms with E-state index in [2.05, 4.69) is 24.1 Å². The number of rotatable bonds is 4. The highest BCUT2D eigenvalue weighted by Crippen LogP contribution is 2.20. The molecule has 1 N–H and O–H groups in total. The lowest BCUT2D eigenvalue weighted by Gasteiger charge is -2.39. The van der Waals surface area contributed by atoms with E-state index in [0.717, 1.165) is 13.1 Å². The van der Waals surface area contributed by atoms with Crippen LogP contribution in [-0.4, -0.2) is 78.5 Å². The van der Waals surface area contributed by atoms with E-state index in [-0.39, 0.29) is 18.0 Å². The quantitative estimate of drug-likeness (QED) is 0.842. The molecular formula is C16H30N4O2. The molecular weight excluding hydrogens is 280 g/mol. The fraction of sp³-hybridized carbons (Fsp3) is 0.875. The number of carbonyl (C=O) groups is 2. The fourth-order valence-electron chi connectivity index (χ4n) is 3.46. The summed E-state index contributed by atoms with van der Waals surface area (Å²) >= 11 is 0.